The van der Waals surface area contributed by atoms with Gasteiger partial charge >= 0.3 is 0 Å². The molecule has 2 aromatic rings. The predicted octanol–water partition coefficient (Wildman–Crippen LogP) is 4.00. The van der Waals surface area contributed by atoms with E-state index in [0.717, 1.165) is 17.7 Å². The molecule has 1 aromatic heterocycles. The van der Waals surface area contributed by atoms with E-state index in [1.807, 2.05) is 0 Å². The van der Waals surface area contributed by atoms with E-state index in [9.17, 15) is 0 Å². The molecule has 1 heterocycles. The lowest BCUT2D eigenvalue weighted by molar-refractivity contribution is 0.647. The summed E-state index contributed by atoms with van der Waals surface area (Å²) in [6, 6.07) is 10.2. The standard InChI is InChI=1S/C14H15ClN2/c1-10(2)7-11-3-5-12(6-4-11)13-8-14(15)17-9-16-13/h3-6,8-10H,7H2,1-2H3. The molecule has 0 aliphatic rings. The minimum absolute atomic E-state index is 0.473. The van der Waals surface area contributed by atoms with Crippen molar-refractivity contribution in [1.29, 1.82) is 0 Å². The van der Waals surface area contributed by atoms with Crippen LogP contribution in [0, 0.1) is 5.92 Å². The highest BCUT2D eigenvalue weighted by Gasteiger charge is 2.02. The fourth-order valence-corrected chi connectivity index (χ4v) is 1.92. The summed E-state index contributed by atoms with van der Waals surface area (Å²) in [6.07, 6.45) is 2.59. The van der Waals surface area contributed by atoms with Gasteiger partial charge in [0.15, 0.2) is 0 Å². The summed E-state index contributed by atoms with van der Waals surface area (Å²) in [6.45, 7) is 4.44. The molecule has 17 heavy (non-hydrogen) atoms. The van der Waals surface area contributed by atoms with Gasteiger partial charge in [-0.05, 0) is 17.9 Å². The highest BCUT2D eigenvalue weighted by molar-refractivity contribution is 6.29. The zero-order chi connectivity index (χ0) is 12.3. The lowest BCUT2D eigenvalue weighted by Crippen LogP contribution is -1.93. The molecule has 0 radical (unpaired) electrons. The highest BCUT2D eigenvalue weighted by Crippen LogP contribution is 2.20. The van der Waals surface area contributed by atoms with Crippen LogP contribution in [-0.2, 0) is 6.42 Å². The molecule has 0 spiro atoms. The number of nitrogens with zero attached hydrogens (tertiary/aromatic N) is 2. The summed E-state index contributed by atoms with van der Waals surface area (Å²) in [4.78, 5) is 8.08. The zero-order valence-corrected chi connectivity index (χ0v) is 10.8. The molecule has 0 saturated carbocycles. The van der Waals surface area contributed by atoms with Crippen LogP contribution >= 0.6 is 11.6 Å². The average Bonchev–Trinajstić information content (AvgIpc) is 2.29. The molecule has 1 aromatic carbocycles. The van der Waals surface area contributed by atoms with E-state index in [2.05, 4.69) is 48.1 Å². The summed E-state index contributed by atoms with van der Waals surface area (Å²) in [5.41, 5.74) is 3.28. The number of hydrogen-bond donors (Lipinski definition) is 0. The van der Waals surface area contributed by atoms with Gasteiger partial charge in [-0.25, -0.2) is 9.97 Å². The maximum Gasteiger partial charge on any atom is 0.133 e. The second-order valence-electron chi connectivity index (χ2n) is 4.52. The van der Waals surface area contributed by atoms with Crippen molar-refractivity contribution in [3.05, 3.63) is 47.4 Å². The largest absolute Gasteiger partial charge is 0.236 e. The lowest BCUT2D eigenvalue weighted by Gasteiger charge is -2.06. The second kappa shape index (κ2) is 5.28. The highest BCUT2D eigenvalue weighted by atomic mass is 35.5. The summed E-state index contributed by atoms with van der Waals surface area (Å²) in [7, 11) is 0. The van der Waals surface area contributed by atoms with Gasteiger partial charge in [-0.3, -0.25) is 0 Å². The molecule has 0 N–H and O–H groups in total. The van der Waals surface area contributed by atoms with Gasteiger partial charge < -0.3 is 0 Å². The van der Waals surface area contributed by atoms with Gasteiger partial charge in [-0.15, -0.1) is 0 Å². The van der Waals surface area contributed by atoms with Gasteiger partial charge in [0.2, 0.25) is 0 Å². The molecular weight excluding hydrogens is 232 g/mol. The molecule has 88 valence electrons. The molecule has 0 atom stereocenters. The molecular formula is C14H15ClN2. The van der Waals surface area contributed by atoms with Gasteiger partial charge in [0.1, 0.15) is 11.5 Å². The first-order valence-electron chi connectivity index (χ1n) is 5.72. The van der Waals surface area contributed by atoms with Crippen LogP contribution in [0.4, 0.5) is 0 Å². The van der Waals surface area contributed by atoms with Crippen molar-refractivity contribution in [1.82, 2.24) is 9.97 Å². The van der Waals surface area contributed by atoms with E-state index in [1.165, 1.54) is 11.9 Å². The van der Waals surface area contributed by atoms with Crippen molar-refractivity contribution in [2.45, 2.75) is 20.3 Å². The van der Waals surface area contributed by atoms with Gasteiger partial charge in [0.25, 0.3) is 0 Å². The lowest BCUT2D eigenvalue weighted by atomic mass is 10.0. The molecule has 0 aliphatic carbocycles. The quantitative estimate of drug-likeness (QED) is 0.765. The maximum atomic E-state index is 5.84. The first kappa shape index (κ1) is 12.1. The minimum Gasteiger partial charge on any atom is -0.236 e. The van der Waals surface area contributed by atoms with Crippen molar-refractivity contribution in [3.8, 4) is 11.3 Å². The Morgan fingerprint density at radius 2 is 1.82 bits per heavy atom. The van der Waals surface area contributed by atoms with E-state index in [-0.39, 0.29) is 0 Å². The topological polar surface area (TPSA) is 25.8 Å². The fraction of sp³-hybridized carbons (Fsp3) is 0.286. The molecule has 0 bridgehead atoms. The number of hydrogen-bond acceptors (Lipinski definition) is 2. The molecule has 3 heteroatoms. The van der Waals surface area contributed by atoms with E-state index >= 15 is 0 Å². The van der Waals surface area contributed by atoms with Crippen LogP contribution in [0.5, 0.6) is 0 Å². The Labute approximate surface area is 107 Å². The van der Waals surface area contributed by atoms with Crippen LogP contribution in [0.3, 0.4) is 0 Å². The summed E-state index contributed by atoms with van der Waals surface area (Å²) in [5, 5.41) is 0.473. The Hall–Kier alpha value is -1.41. The van der Waals surface area contributed by atoms with Crippen molar-refractivity contribution in [2.24, 2.45) is 5.92 Å². The first-order chi connectivity index (χ1) is 8.15. The molecule has 0 amide bonds. The molecule has 2 nitrogen and oxygen atoms in total. The van der Waals surface area contributed by atoms with E-state index in [0.29, 0.717) is 11.1 Å². The molecule has 0 saturated heterocycles. The third kappa shape index (κ3) is 3.27. The van der Waals surface area contributed by atoms with Gasteiger partial charge in [-0.2, -0.15) is 0 Å². The normalized spacial score (nSPS) is 10.8. The van der Waals surface area contributed by atoms with Gasteiger partial charge in [0.05, 0.1) is 5.69 Å². The van der Waals surface area contributed by atoms with Crippen molar-refractivity contribution < 1.29 is 0 Å². The van der Waals surface area contributed by atoms with E-state index in [4.69, 9.17) is 11.6 Å². The summed E-state index contributed by atoms with van der Waals surface area (Å²) >= 11 is 5.84. The molecule has 0 unspecified atom stereocenters. The zero-order valence-electron chi connectivity index (χ0n) is 10.0. The van der Waals surface area contributed by atoms with E-state index < -0.39 is 0 Å². The Balaban J connectivity index is 2.23. The fourth-order valence-electron chi connectivity index (χ4n) is 1.77. The second-order valence-corrected chi connectivity index (χ2v) is 4.91. The molecule has 2 rings (SSSR count). The minimum atomic E-state index is 0.473. The number of halogens is 1. The van der Waals surface area contributed by atoms with Crippen LogP contribution < -0.4 is 0 Å². The Morgan fingerprint density at radius 3 is 2.41 bits per heavy atom. The molecule has 0 aliphatic heterocycles. The third-order valence-corrected chi connectivity index (χ3v) is 2.73. The predicted molar refractivity (Wildman–Crippen MR) is 71.0 cm³/mol. The summed E-state index contributed by atoms with van der Waals surface area (Å²) < 4.78 is 0. The number of benzene rings is 1. The summed E-state index contributed by atoms with van der Waals surface area (Å²) in [5.74, 6) is 0.675. The smallest absolute Gasteiger partial charge is 0.133 e. The van der Waals surface area contributed by atoms with Crippen molar-refractivity contribution in [3.63, 3.8) is 0 Å². The van der Waals surface area contributed by atoms with Crippen molar-refractivity contribution >= 4 is 11.6 Å². The molecule has 0 fully saturated rings. The van der Waals surface area contributed by atoms with Gasteiger partial charge in [0, 0.05) is 11.6 Å². The SMILES string of the molecule is CC(C)Cc1ccc(-c2cc(Cl)ncn2)cc1. The van der Waals surface area contributed by atoms with Gasteiger partial charge in [-0.1, -0.05) is 49.7 Å². The number of rotatable bonds is 3. The Bertz CT molecular complexity index is 492. The van der Waals surface area contributed by atoms with Crippen LogP contribution in [0.15, 0.2) is 36.7 Å². The van der Waals surface area contributed by atoms with Crippen LogP contribution in [0.1, 0.15) is 19.4 Å². The van der Waals surface area contributed by atoms with Crippen LogP contribution in [-0.4, -0.2) is 9.97 Å². The average molecular weight is 247 g/mol. The third-order valence-electron chi connectivity index (χ3n) is 2.53. The Morgan fingerprint density at radius 1 is 1.12 bits per heavy atom. The number of aromatic nitrogens is 2. The first-order valence-corrected chi connectivity index (χ1v) is 6.10. The van der Waals surface area contributed by atoms with E-state index in [1.54, 1.807) is 6.07 Å². The monoisotopic (exact) mass is 246 g/mol. The van der Waals surface area contributed by atoms with Crippen molar-refractivity contribution in [2.75, 3.05) is 0 Å². The maximum absolute atomic E-state index is 5.84. The Kier molecular flexibility index (Phi) is 3.75. The van der Waals surface area contributed by atoms with Crippen LogP contribution in [0.25, 0.3) is 11.3 Å². The van der Waals surface area contributed by atoms with Crippen LogP contribution in [0.2, 0.25) is 5.15 Å².